The quantitative estimate of drug-likeness (QED) is 0.00588. The summed E-state index contributed by atoms with van der Waals surface area (Å²) in [6.07, 6.45) is -4.09. The van der Waals surface area contributed by atoms with Crippen LogP contribution in [0.5, 0.6) is 0 Å². The molecule has 3 aliphatic rings. The van der Waals surface area contributed by atoms with Crippen molar-refractivity contribution >= 4 is 82.7 Å². The number of hydrazine groups is 1. The van der Waals surface area contributed by atoms with Gasteiger partial charge in [0.25, 0.3) is 0 Å². The molecule has 3 saturated heterocycles. The molecule has 0 radical (unpaired) electrons. The maximum Gasteiger partial charge on any atom is 0.417 e. The molecule has 4 amide bonds. The molecular weight excluding hydrogens is 1610 g/mol. The Hall–Kier alpha value is -14.7. The van der Waals surface area contributed by atoms with Crippen LogP contribution in [-0.2, 0) is 41.2 Å². The lowest BCUT2D eigenvalue weighted by molar-refractivity contribution is -0.138. The Bertz CT molecular complexity index is 5410. The molecule has 14 rings (SSSR count). The predicted molar refractivity (Wildman–Crippen MR) is 438 cm³/mol. The number of aromatic nitrogens is 14. The van der Waals surface area contributed by atoms with Gasteiger partial charge in [-0.3, -0.25) is 54.7 Å². The Morgan fingerprint density at radius 3 is 1.30 bits per heavy atom. The number of aldehydes is 1. The summed E-state index contributed by atoms with van der Waals surface area (Å²) in [6.45, 7) is 44.5. The molecule has 35 nitrogen and oxygen atoms in total. The number of hydrogen-bond donors (Lipinski definition) is 14. The third-order valence-electron chi connectivity index (χ3n) is 18.3. The number of nitrogens with one attached hydrogen (secondary N) is 11. The van der Waals surface area contributed by atoms with E-state index in [1.54, 1.807) is 73.3 Å². The molecule has 11 aromatic rings. The van der Waals surface area contributed by atoms with Gasteiger partial charge in [0.2, 0.25) is 35.6 Å². The highest BCUT2D eigenvalue weighted by atomic mass is 19.4. The van der Waals surface area contributed by atoms with Gasteiger partial charge in [0.05, 0.1) is 57.9 Å². The van der Waals surface area contributed by atoms with Crippen LogP contribution in [0.25, 0.3) is 53.5 Å². The summed E-state index contributed by atoms with van der Waals surface area (Å²) in [6, 6.07) is 24.4. The van der Waals surface area contributed by atoms with E-state index in [4.69, 9.17) is 32.0 Å². The van der Waals surface area contributed by atoms with E-state index in [1.807, 2.05) is 47.6 Å². The van der Waals surface area contributed by atoms with Crippen molar-refractivity contribution in [3.8, 4) is 34.2 Å². The summed E-state index contributed by atoms with van der Waals surface area (Å²) in [5.74, 6) is 7.99. The zero-order valence-electron chi connectivity index (χ0n) is 65.4. The number of aliphatic imine (C=N–C) groups is 1. The van der Waals surface area contributed by atoms with Crippen molar-refractivity contribution in [1.29, 1.82) is 0 Å². The van der Waals surface area contributed by atoms with Gasteiger partial charge in [-0.15, -0.1) is 0 Å². The number of carbonyl (C=O) groups is 5. The number of Topliss-reactive ketones (excluding diaryl/α,β-unsaturated/α-hetero) is 1. The summed E-state index contributed by atoms with van der Waals surface area (Å²) in [5.41, 5.74) is 17.9. The topological polar surface area (TPSA) is 449 Å². The molecule has 3 aliphatic heterocycles. The molecule has 0 aromatic carbocycles. The minimum Gasteiger partial charge on any atom is -0.368 e. The first-order chi connectivity index (χ1) is 57.7. The highest BCUT2D eigenvalue weighted by Crippen LogP contribution is 2.35. The van der Waals surface area contributed by atoms with Crippen LogP contribution in [0.15, 0.2) is 139 Å². The van der Waals surface area contributed by atoms with Gasteiger partial charge < -0.3 is 81.1 Å². The maximum atomic E-state index is 12.8. The van der Waals surface area contributed by atoms with Gasteiger partial charge in [-0.2, -0.15) is 54.8 Å². The lowest BCUT2D eigenvalue weighted by atomic mass is 10.1. The first-order valence-corrected chi connectivity index (χ1v) is 36.5. The van der Waals surface area contributed by atoms with Gasteiger partial charge in [0, 0.05) is 127 Å². The van der Waals surface area contributed by atoms with Gasteiger partial charge in [0.15, 0.2) is 17.8 Å². The standard InChI is InChI=1S/C20H22F3N7O.C20H20F3N7.C11H14F3N3.C9H6N4O.C9H10N4O.C7H6N2O.CH5N3O.CH4/c1-13-10-29(6-7-30(13)18-5-2-15(9-24-18)20(21,22)23)11-14-8-26-28-19(14)16-3-4-17(27-16)25-12-31;1-13-11-29(7-8-30(13)18-6-3-15(10-25-18)20(21,22)23)12-14-9-26-28-19(14)16-4-5-17(24-2)27-16;1-8-6-15-4-5-17(8)10-3-2-9(7-16-10)11(12,13)14;1-10-8-3-2-7(12-8)9-6(5-14)4-11-13-9;1-6(12-5-8(10)14)7-3-4-9(11-2)13-7;1-5(10)6-3-4-7(8-2)9-6;2-1(5)4-3;/h2-5,8-9,12-13,27H,6-7,10-11H2,1H3,(H,25,31)(H,26,28);3-6,9-10,13,27H,7-8,11-12H2,1H3,(H,26,28);2-3,7-8,15H,4-6H2,1H3;2-5,12H,(H,11,13);3-4,13H,5H2,1H3,(H2,10,14);3-4,9H,1H3;3H2,(H3,2,4,5);1H4/t2*13-;8-;;;;;/m111...../s1. The number of carbonyl (C=O) groups excluding carboxylic acids is 5. The maximum absolute atomic E-state index is 12.8. The molecule has 3 fully saturated rings. The van der Waals surface area contributed by atoms with E-state index in [-0.39, 0.29) is 37.9 Å². The SMILES string of the molecule is C.C[C@@H]1CN(Cc2cn[nH]c2-c2ccc(NC=O)[nH]2)CCN1c1ccc(C(F)(F)F)cn1.C[C@@H]1CNCCN1c1ccc(C(F)(F)F)cn1.NNC(N)=O.[C-]#[N+]c1ccc(-c2[nH]ncc2C=O)[nH]1.[C-]#[N+]c1ccc(-c2[nH]ncc2CN2CCN(c3ccc(C(F)(F)F)cn3)[C@H](C)C2)[nH]1.[C-]#[N+]c1ccc(C(C)=NCC(N)=O)[nH]1.[C-]#[N+]c1ccc(C(C)=O)[nH]1. The third kappa shape index (κ3) is 27.2. The number of amides is 4. The summed E-state index contributed by atoms with van der Waals surface area (Å²) >= 11 is 0. The number of hydrogen-bond acceptors (Lipinski definition) is 19. The van der Waals surface area contributed by atoms with Crippen molar-refractivity contribution in [2.24, 2.45) is 22.3 Å². The van der Waals surface area contributed by atoms with Crippen molar-refractivity contribution in [2.75, 3.05) is 85.5 Å². The second-order valence-electron chi connectivity index (χ2n) is 26.8. The van der Waals surface area contributed by atoms with Crippen molar-refractivity contribution in [3.05, 3.63) is 225 Å². The Morgan fingerprint density at radius 1 is 0.525 bits per heavy atom. The fourth-order valence-electron chi connectivity index (χ4n) is 12.3. The van der Waals surface area contributed by atoms with Gasteiger partial charge in [0.1, 0.15) is 58.3 Å². The minimum atomic E-state index is -4.39. The van der Waals surface area contributed by atoms with Gasteiger partial charge in [-0.25, -0.2) is 25.6 Å². The summed E-state index contributed by atoms with van der Waals surface area (Å²) in [7, 11) is 0. The van der Waals surface area contributed by atoms with Crippen molar-refractivity contribution in [1.82, 2.24) is 91.0 Å². The van der Waals surface area contributed by atoms with E-state index in [1.165, 1.54) is 31.3 Å². The van der Waals surface area contributed by atoms with Crippen LogP contribution in [0.3, 0.4) is 0 Å². The molecular formula is C78H87F9N30O5. The van der Waals surface area contributed by atoms with Gasteiger partial charge in [-0.05, 0) is 125 Å². The highest BCUT2D eigenvalue weighted by molar-refractivity contribution is 5.98. The number of halogens is 9. The average molecular weight is 1700 g/mol. The zero-order chi connectivity index (χ0) is 88.1. The number of piperazine rings is 3. The summed E-state index contributed by atoms with van der Waals surface area (Å²) < 4.78 is 114. The molecule has 17 N–H and O–H groups in total. The van der Waals surface area contributed by atoms with E-state index in [0.717, 1.165) is 128 Å². The molecule has 122 heavy (non-hydrogen) atoms. The number of nitrogens with two attached hydrogens (primary N) is 3. The van der Waals surface area contributed by atoms with Crippen LogP contribution in [0.4, 0.5) is 90.9 Å². The van der Waals surface area contributed by atoms with E-state index < -0.39 is 47.2 Å². The molecule has 0 saturated carbocycles. The molecule has 0 unspecified atom stereocenters. The average Bonchev–Trinajstić information content (AvgIpc) is 1.41. The lowest BCUT2D eigenvalue weighted by Gasteiger charge is -2.40. The highest BCUT2D eigenvalue weighted by Gasteiger charge is 2.35. The van der Waals surface area contributed by atoms with Crippen LogP contribution in [0.1, 0.15) is 96.4 Å². The number of aromatic amines is 8. The van der Waals surface area contributed by atoms with E-state index in [9.17, 15) is 63.5 Å². The molecule has 0 bridgehead atoms. The molecule has 642 valence electrons. The van der Waals surface area contributed by atoms with E-state index >= 15 is 0 Å². The number of nitrogens with zero attached hydrogens (tertiary/aromatic N) is 16. The monoisotopic (exact) mass is 1690 g/mol. The Kier molecular flexibility index (Phi) is 34.2. The first kappa shape index (κ1) is 94.4. The minimum absolute atomic E-state index is 0. The fourth-order valence-corrected chi connectivity index (χ4v) is 12.3. The van der Waals surface area contributed by atoms with Crippen LogP contribution in [0, 0.1) is 26.3 Å². The Morgan fingerprint density at radius 2 is 0.926 bits per heavy atom. The summed E-state index contributed by atoms with van der Waals surface area (Å²) in [5, 5.41) is 26.5. The Labute approximate surface area is 692 Å². The fraction of sp³-hybridized carbons (Fsp3) is 0.308. The molecule has 14 heterocycles. The zero-order valence-corrected chi connectivity index (χ0v) is 65.4. The van der Waals surface area contributed by atoms with Gasteiger partial charge in [-0.1, -0.05) is 33.7 Å². The molecule has 3 atom stereocenters. The van der Waals surface area contributed by atoms with Crippen molar-refractivity contribution in [3.63, 3.8) is 0 Å². The third-order valence-corrected chi connectivity index (χ3v) is 18.3. The predicted octanol–water partition coefficient (Wildman–Crippen LogP) is 12.6. The number of primary amides is 2. The number of urea groups is 1. The molecule has 11 aromatic heterocycles. The smallest absolute Gasteiger partial charge is 0.368 e. The molecule has 44 heteroatoms. The van der Waals surface area contributed by atoms with E-state index in [0.29, 0.717) is 107 Å². The number of rotatable bonds is 17. The number of H-pyrrole nitrogens is 8. The van der Waals surface area contributed by atoms with Crippen LogP contribution in [0.2, 0.25) is 0 Å². The number of ketones is 1. The lowest BCUT2D eigenvalue weighted by Crippen LogP contribution is -2.51. The molecule has 0 aliphatic carbocycles. The van der Waals surface area contributed by atoms with Crippen molar-refractivity contribution < 1.29 is 63.5 Å². The Balaban J connectivity index is 0.000000207. The van der Waals surface area contributed by atoms with Crippen LogP contribution >= 0.6 is 0 Å². The second-order valence-corrected chi connectivity index (χ2v) is 26.8. The normalized spacial score (nSPS) is 15.3. The number of anilines is 4. The van der Waals surface area contributed by atoms with Crippen LogP contribution < -0.4 is 48.1 Å². The molecule has 0 spiro atoms. The largest absolute Gasteiger partial charge is 0.417 e. The van der Waals surface area contributed by atoms with Gasteiger partial charge >= 0.3 is 24.6 Å². The van der Waals surface area contributed by atoms with Crippen LogP contribution in [-0.4, -0.2) is 200 Å². The summed E-state index contributed by atoms with van der Waals surface area (Å²) in [4.78, 5) is 106. The second kappa shape index (κ2) is 44.2. The number of alkyl halides is 9. The first-order valence-electron chi connectivity index (χ1n) is 36.5. The number of pyridine rings is 3. The van der Waals surface area contributed by atoms with Crippen molar-refractivity contribution in [2.45, 2.75) is 91.8 Å². The van der Waals surface area contributed by atoms with E-state index in [2.05, 4.69) is 127 Å².